The first-order chi connectivity index (χ1) is 20.0. The predicted molar refractivity (Wildman–Crippen MR) is 156 cm³/mol. The number of nitrogens with one attached hydrogen (secondary N) is 1. The van der Waals surface area contributed by atoms with Crippen LogP contribution in [0, 0.1) is 0 Å². The fraction of sp³-hybridized carbons (Fsp3) is 0.500. The highest BCUT2D eigenvalue weighted by atomic mass is 16.5. The van der Waals surface area contributed by atoms with Gasteiger partial charge >= 0.3 is 6.03 Å². The van der Waals surface area contributed by atoms with Crippen LogP contribution in [-0.2, 0) is 9.53 Å². The van der Waals surface area contributed by atoms with Crippen LogP contribution in [-0.4, -0.2) is 106 Å². The van der Waals surface area contributed by atoms with E-state index >= 15 is 0 Å². The number of urea groups is 1. The summed E-state index contributed by atoms with van der Waals surface area (Å²) in [6.45, 7) is 6.48. The second-order valence-electron chi connectivity index (χ2n) is 9.96. The number of hydrogen-bond donors (Lipinski definition) is 1. The summed E-state index contributed by atoms with van der Waals surface area (Å²) in [6.07, 6.45) is 1.31. The number of ether oxygens (including phenoxy) is 4. The van der Waals surface area contributed by atoms with Crippen molar-refractivity contribution >= 4 is 17.6 Å². The Labute approximate surface area is 242 Å². The molecule has 11 nitrogen and oxygen atoms in total. The van der Waals surface area contributed by atoms with Crippen LogP contribution in [0.2, 0.25) is 0 Å². The molecule has 1 saturated heterocycles. The van der Waals surface area contributed by atoms with Crippen molar-refractivity contribution in [1.82, 2.24) is 20.1 Å². The van der Waals surface area contributed by atoms with Gasteiger partial charge in [0.05, 0.1) is 46.3 Å². The summed E-state index contributed by atoms with van der Waals surface area (Å²) in [5, 5.41) is 9.23. The highest BCUT2D eigenvalue weighted by molar-refractivity contribution is 6.03. The van der Waals surface area contributed by atoms with Gasteiger partial charge in [-0.05, 0) is 53.9 Å². The number of benzene rings is 2. The van der Waals surface area contributed by atoms with Crippen molar-refractivity contribution in [1.29, 1.82) is 0 Å². The molecular formula is C30H41N5O6. The quantitative estimate of drug-likeness (QED) is 0.420. The van der Waals surface area contributed by atoms with Crippen LogP contribution >= 0.6 is 0 Å². The van der Waals surface area contributed by atoms with Crippen LogP contribution in [0.3, 0.4) is 0 Å². The van der Waals surface area contributed by atoms with Gasteiger partial charge in [-0.3, -0.25) is 9.69 Å². The molecule has 2 heterocycles. The lowest BCUT2D eigenvalue weighted by molar-refractivity contribution is -0.133. The number of hydrazone groups is 1. The van der Waals surface area contributed by atoms with Gasteiger partial charge < -0.3 is 29.2 Å². The van der Waals surface area contributed by atoms with Gasteiger partial charge in [0, 0.05) is 39.1 Å². The number of hydrogen-bond acceptors (Lipinski definition) is 8. The Balaban J connectivity index is 1.59. The van der Waals surface area contributed by atoms with Crippen molar-refractivity contribution in [2.45, 2.75) is 25.8 Å². The third kappa shape index (κ3) is 7.68. The topological polar surface area (TPSA) is 105 Å². The lowest BCUT2D eigenvalue weighted by Gasteiger charge is -2.31. The van der Waals surface area contributed by atoms with Gasteiger partial charge in [-0.15, -0.1) is 0 Å². The first-order valence-electron chi connectivity index (χ1n) is 14.1. The normalized spacial score (nSPS) is 17.1. The lowest BCUT2D eigenvalue weighted by Crippen LogP contribution is -2.49. The summed E-state index contributed by atoms with van der Waals surface area (Å²) in [6, 6.07) is 12.6. The average molecular weight is 568 g/mol. The molecule has 11 heteroatoms. The minimum Gasteiger partial charge on any atom is -0.497 e. The Morgan fingerprint density at radius 1 is 1.02 bits per heavy atom. The van der Waals surface area contributed by atoms with Crippen molar-refractivity contribution in [2.75, 3.05) is 73.8 Å². The number of methoxy groups -OCH3 is 3. The highest BCUT2D eigenvalue weighted by Gasteiger charge is 2.35. The largest absolute Gasteiger partial charge is 0.497 e. The van der Waals surface area contributed by atoms with Gasteiger partial charge in [0.2, 0.25) is 0 Å². The molecule has 0 aliphatic carbocycles. The molecular weight excluding hydrogens is 526 g/mol. The minimum absolute atomic E-state index is 0.0942. The fourth-order valence-electron chi connectivity index (χ4n) is 4.94. The Hall–Kier alpha value is -3.83. The lowest BCUT2D eigenvalue weighted by atomic mass is 9.98. The molecule has 0 radical (unpaired) electrons. The zero-order valence-electron chi connectivity index (χ0n) is 24.4. The molecule has 0 bridgehead atoms. The van der Waals surface area contributed by atoms with Crippen molar-refractivity contribution in [3.63, 3.8) is 0 Å². The Bertz CT molecular complexity index is 1200. The zero-order valence-corrected chi connectivity index (χ0v) is 24.4. The molecule has 0 saturated carbocycles. The summed E-state index contributed by atoms with van der Waals surface area (Å²) in [5.41, 5.74) is 2.53. The van der Waals surface area contributed by atoms with Crippen molar-refractivity contribution in [2.24, 2.45) is 5.10 Å². The molecule has 2 aliphatic rings. The van der Waals surface area contributed by atoms with E-state index in [-0.39, 0.29) is 24.5 Å². The van der Waals surface area contributed by atoms with Crippen molar-refractivity contribution < 1.29 is 28.5 Å². The molecule has 1 N–H and O–H groups in total. The average Bonchev–Trinajstić information content (AvgIpc) is 3.47. The third-order valence-corrected chi connectivity index (χ3v) is 7.31. The number of nitrogens with zero attached hydrogens (tertiary/aromatic N) is 4. The number of morpholine rings is 1. The van der Waals surface area contributed by atoms with Crippen LogP contribution in [0.5, 0.6) is 17.2 Å². The van der Waals surface area contributed by atoms with Crippen LogP contribution in [0.25, 0.3) is 0 Å². The van der Waals surface area contributed by atoms with Gasteiger partial charge in [-0.1, -0.05) is 13.0 Å². The fourth-order valence-corrected chi connectivity index (χ4v) is 4.94. The Morgan fingerprint density at radius 2 is 1.76 bits per heavy atom. The molecule has 0 aromatic heterocycles. The molecule has 3 amide bonds. The second-order valence-corrected chi connectivity index (χ2v) is 9.96. The first kappa shape index (κ1) is 30.1. The maximum atomic E-state index is 13.9. The zero-order chi connectivity index (χ0) is 29.2. The van der Waals surface area contributed by atoms with E-state index in [9.17, 15) is 9.59 Å². The molecule has 1 fully saturated rings. The second kappa shape index (κ2) is 14.7. The van der Waals surface area contributed by atoms with Crippen LogP contribution in [0.15, 0.2) is 47.6 Å². The molecule has 41 heavy (non-hydrogen) atoms. The summed E-state index contributed by atoms with van der Waals surface area (Å²) in [5.74, 6) is 1.65. The Kier molecular flexibility index (Phi) is 10.8. The van der Waals surface area contributed by atoms with E-state index in [0.717, 1.165) is 42.1 Å². The van der Waals surface area contributed by atoms with E-state index < -0.39 is 0 Å². The van der Waals surface area contributed by atoms with E-state index in [0.29, 0.717) is 50.8 Å². The summed E-state index contributed by atoms with van der Waals surface area (Å²) < 4.78 is 21.7. The van der Waals surface area contributed by atoms with Gasteiger partial charge in [-0.2, -0.15) is 5.10 Å². The van der Waals surface area contributed by atoms with E-state index in [2.05, 4.69) is 10.2 Å². The van der Waals surface area contributed by atoms with Gasteiger partial charge in [0.1, 0.15) is 12.3 Å². The summed E-state index contributed by atoms with van der Waals surface area (Å²) >= 11 is 0. The first-order valence-corrected chi connectivity index (χ1v) is 14.1. The molecule has 222 valence electrons. The number of carbonyl (C=O) groups is 2. The molecule has 2 aromatic rings. The van der Waals surface area contributed by atoms with Crippen molar-refractivity contribution in [3.8, 4) is 17.2 Å². The molecule has 1 atom stereocenters. The predicted octanol–water partition coefficient (Wildman–Crippen LogP) is 3.14. The van der Waals surface area contributed by atoms with E-state index in [1.165, 1.54) is 5.01 Å². The van der Waals surface area contributed by atoms with Crippen LogP contribution < -0.4 is 19.5 Å². The number of rotatable bonds is 12. The molecule has 0 unspecified atom stereocenters. The van der Waals surface area contributed by atoms with Crippen molar-refractivity contribution in [3.05, 3.63) is 53.6 Å². The van der Waals surface area contributed by atoms with Gasteiger partial charge in [0.25, 0.3) is 5.91 Å². The smallest absolute Gasteiger partial charge is 0.317 e. The van der Waals surface area contributed by atoms with E-state index in [4.69, 9.17) is 24.0 Å². The van der Waals surface area contributed by atoms with Crippen LogP contribution in [0.1, 0.15) is 36.9 Å². The SMILES string of the molecule is CCCNC(=O)N(CCN1CCOCC1)CC(=O)N1N=C(c2ccc(OC)cc2)C[C@H]1c1ccc(OC)c(OC)c1. The monoisotopic (exact) mass is 567 g/mol. The van der Waals surface area contributed by atoms with Gasteiger partial charge in [0.15, 0.2) is 11.5 Å². The summed E-state index contributed by atoms with van der Waals surface area (Å²) in [4.78, 5) is 30.8. The Morgan fingerprint density at radius 3 is 2.41 bits per heavy atom. The van der Waals surface area contributed by atoms with Gasteiger partial charge in [-0.25, -0.2) is 9.80 Å². The maximum Gasteiger partial charge on any atom is 0.317 e. The molecule has 0 spiro atoms. The standard InChI is InChI=1S/C30H41N5O6/c1-5-12-31-30(37)34(14-13-33-15-17-41-18-16-33)21-29(36)35-26(23-8-11-27(39-3)28(19-23)40-4)20-25(32-35)22-6-9-24(38-2)10-7-22/h6-11,19,26H,5,12-18,20-21H2,1-4H3,(H,31,37)/t26-/m0/s1. The highest BCUT2D eigenvalue weighted by Crippen LogP contribution is 2.37. The maximum absolute atomic E-state index is 13.9. The number of amides is 3. The summed E-state index contributed by atoms with van der Waals surface area (Å²) in [7, 11) is 4.79. The third-order valence-electron chi connectivity index (χ3n) is 7.31. The molecule has 4 rings (SSSR count). The van der Waals surface area contributed by atoms with E-state index in [1.807, 2.05) is 49.4 Å². The minimum atomic E-state index is -0.376. The van der Waals surface area contributed by atoms with Crippen LogP contribution in [0.4, 0.5) is 4.79 Å². The number of carbonyl (C=O) groups excluding carboxylic acids is 2. The molecule has 2 aliphatic heterocycles. The van der Waals surface area contributed by atoms with E-state index in [1.54, 1.807) is 26.2 Å². The molecule has 2 aromatic carbocycles.